The van der Waals surface area contributed by atoms with Gasteiger partial charge in [-0.25, -0.2) is 0 Å². The highest BCUT2D eigenvalue weighted by molar-refractivity contribution is 7.25. The molecule has 2 nitrogen and oxygen atoms in total. The maximum atomic E-state index is 6.72. The minimum Gasteiger partial charge on any atom is -0.399 e. The van der Waals surface area contributed by atoms with Gasteiger partial charge in [-0.1, -0.05) is 152 Å². The van der Waals surface area contributed by atoms with Crippen molar-refractivity contribution in [3.05, 3.63) is 208 Å². The molecule has 8 aromatic rings. The van der Waals surface area contributed by atoms with Gasteiger partial charge in [0.1, 0.15) is 0 Å². The topological polar surface area (TPSA) is 18.5 Å². The van der Waals surface area contributed by atoms with Crippen molar-refractivity contribution < 1.29 is 9.31 Å². The second-order valence-electron chi connectivity index (χ2n) is 16.2. The summed E-state index contributed by atoms with van der Waals surface area (Å²) < 4.78 is 16.0. The lowest BCUT2D eigenvalue weighted by atomic mass is 9.51. The van der Waals surface area contributed by atoms with Crippen LogP contribution in [-0.2, 0) is 20.1 Å². The van der Waals surface area contributed by atoms with Crippen LogP contribution in [0.2, 0.25) is 0 Å². The van der Waals surface area contributed by atoms with Gasteiger partial charge in [0, 0.05) is 20.2 Å². The van der Waals surface area contributed by atoms with E-state index in [4.69, 9.17) is 9.31 Å². The Morgan fingerprint density at radius 3 is 1.50 bits per heavy atom. The third kappa shape index (κ3) is 3.98. The van der Waals surface area contributed by atoms with E-state index in [-0.39, 0.29) is 0 Å². The molecule has 0 atom stereocenters. The number of fused-ring (bicyclic) bond motifs is 12. The average molecular weight is 715 g/mol. The van der Waals surface area contributed by atoms with Gasteiger partial charge in [0.2, 0.25) is 0 Å². The van der Waals surface area contributed by atoms with E-state index in [1.54, 1.807) is 0 Å². The van der Waals surface area contributed by atoms with E-state index in [0.717, 1.165) is 5.46 Å². The smallest absolute Gasteiger partial charge is 0.399 e. The van der Waals surface area contributed by atoms with Crippen LogP contribution in [0.3, 0.4) is 0 Å². The highest BCUT2D eigenvalue weighted by Crippen LogP contribution is 2.65. The minimum atomic E-state index is -0.687. The Morgan fingerprint density at radius 2 is 0.889 bits per heavy atom. The van der Waals surface area contributed by atoms with Crippen molar-refractivity contribution in [3.63, 3.8) is 0 Å². The normalized spacial score (nSPS) is 18.0. The molecule has 54 heavy (non-hydrogen) atoms. The van der Waals surface area contributed by atoms with E-state index in [1.165, 1.54) is 75.8 Å². The van der Waals surface area contributed by atoms with Crippen LogP contribution in [-0.4, -0.2) is 18.3 Å². The second-order valence-corrected chi connectivity index (χ2v) is 17.3. The maximum absolute atomic E-state index is 6.72. The lowest BCUT2D eigenvalue weighted by Crippen LogP contribution is -2.45. The van der Waals surface area contributed by atoms with Crippen molar-refractivity contribution in [3.8, 4) is 11.1 Å². The molecule has 7 aromatic carbocycles. The molecule has 0 saturated carbocycles. The van der Waals surface area contributed by atoms with Crippen LogP contribution >= 0.6 is 11.3 Å². The maximum Gasteiger partial charge on any atom is 0.494 e. The molecular formula is C50H39BO2S. The zero-order valence-corrected chi connectivity index (χ0v) is 31.7. The van der Waals surface area contributed by atoms with E-state index < -0.39 is 29.2 Å². The zero-order valence-electron chi connectivity index (χ0n) is 30.9. The van der Waals surface area contributed by atoms with E-state index in [1.807, 2.05) is 11.3 Å². The van der Waals surface area contributed by atoms with Gasteiger partial charge < -0.3 is 9.31 Å². The third-order valence-corrected chi connectivity index (χ3v) is 14.2. The van der Waals surface area contributed by atoms with Crippen molar-refractivity contribution >= 4 is 44.1 Å². The standard InChI is InChI=1S/C50H39BO2S/c1-47(2)48(3,4)53-51(52-47)33-18-15-17-32(31-33)49(43-28-16-30-45-46(43)36-21-7-14-29-44(36)54-45)39-24-10-12-26-41(39)50(42-27-13-11-25-40(42)49)37-22-8-5-19-34(37)35-20-6-9-23-38(35)50/h5-31H,1-4H3. The van der Waals surface area contributed by atoms with Gasteiger partial charge in [-0.2, -0.15) is 0 Å². The molecule has 0 unspecified atom stereocenters. The summed E-state index contributed by atoms with van der Waals surface area (Å²) >= 11 is 1.88. The van der Waals surface area contributed by atoms with Gasteiger partial charge in [0.15, 0.2) is 0 Å². The second kappa shape index (κ2) is 11.1. The van der Waals surface area contributed by atoms with E-state index in [0.29, 0.717) is 0 Å². The summed E-state index contributed by atoms with van der Waals surface area (Å²) in [5, 5.41) is 2.60. The van der Waals surface area contributed by atoms with Crippen LogP contribution in [0.25, 0.3) is 31.3 Å². The molecule has 3 aliphatic rings. The van der Waals surface area contributed by atoms with Gasteiger partial charge in [-0.15, -0.1) is 11.3 Å². The highest BCUT2D eigenvalue weighted by Gasteiger charge is 2.57. The summed E-state index contributed by atoms with van der Waals surface area (Å²) in [4.78, 5) is 0. The zero-order chi connectivity index (χ0) is 36.5. The number of hydrogen-bond donors (Lipinski definition) is 0. The summed E-state index contributed by atoms with van der Waals surface area (Å²) in [6.45, 7) is 8.52. The molecule has 4 heteroatoms. The molecule has 2 heterocycles. The van der Waals surface area contributed by atoms with Gasteiger partial charge in [-0.05, 0) is 101 Å². The van der Waals surface area contributed by atoms with Crippen molar-refractivity contribution in [2.45, 2.75) is 49.7 Å². The monoisotopic (exact) mass is 714 g/mol. The van der Waals surface area contributed by atoms with Gasteiger partial charge >= 0.3 is 7.12 Å². The first-order chi connectivity index (χ1) is 26.3. The van der Waals surface area contributed by atoms with Gasteiger partial charge in [-0.3, -0.25) is 0 Å². The molecule has 2 aliphatic carbocycles. The predicted octanol–water partition coefficient (Wildman–Crippen LogP) is 11.4. The highest BCUT2D eigenvalue weighted by atomic mass is 32.1. The molecule has 1 fully saturated rings. The van der Waals surface area contributed by atoms with Crippen molar-refractivity contribution in [1.29, 1.82) is 0 Å². The first kappa shape index (κ1) is 32.2. The Morgan fingerprint density at radius 1 is 0.426 bits per heavy atom. The lowest BCUT2D eigenvalue weighted by Gasteiger charge is -2.50. The SMILES string of the molecule is CC1(C)OB(c2cccc(C3(c4cccc5sc6ccccc6c45)c4ccccc4C4(c5ccccc5-c5ccccc54)c4ccccc43)c2)OC1(C)C. The van der Waals surface area contributed by atoms with Crippen LogP contribution in [0.15, 0.2) is 164 Å². The first-order valence-electron chi connectivity index (χ1n) is 19.0. The van der Waals surface area contributed by atoms with Crippen LogP contribution in [0.5, 0.6) is 0 Å². The fourth-order valence-electron chi connectivity index (χ4n) is 10.1. The first-order valence-corrected chi connectivity index (χ1v) is 19.8. The van der Waals surface area contributed by atoms with E-state index in [2.05, 4.69) is 191 Å². The van der Waals surface area contributed by atoms with Crippen LogP contribution < -0.4 is 5.46 Å². The Balaban J connectivity index is 1.31. The van der Waals surface area contributed by atoms with Crippen molar-refractivity contribution in [1.82, 2.24) is 0 Å². The number of rotatable bonds is 3. The molecule has 1 saturated heterocycles. The number of hydrogen-bond acceptors (Lipinski definition) is 3. The van der Waals surface area contributed by atoms with Crippen molar-refractivity contribution in [2.24, 2.45) is 0 Å². The summed E-state index contributed by atoms with van der Waals surface area (Å²) in [7, 11) is -0.487. The molecule has 0 amide bonds. The summed E-state index contributed by atoms with van der Waals surface area (Å²) in [6.07, 6.45) is 0. The average Bonchev–Trinajstić information content (AvgIpc) is 3.80. The molecule has 1 aliphatic heterocycles. The summed E-state index contributed by atoms with van der Waals surface area (Å²) in [5.74, 6) is 0. The Hall–Kier alpha value is -5.26. The Bertz CT molecular complexity index is 2720. The molecule has 1 aromatic heterocycles. The third-order valence-electron chi connectivity index (χ3n) is 13.1. The molecule has 0 bridgehead atoms. The molecule has 260 valence electrons. The quantitative estimate of drug-likeness (QED) is 0.170. The number of benzene rings is 7. The lowest BCUT2D eigenvalue weighted by molar-refractivity contribution is 0.00578. The molecule has 11 rings (SSSR count). The largest absolute Gasteiger partial charge is 0.494 e. The van der Waals surface area contributed by atoms with Crippen molar-refractivity contribution in [2.75, 3.05) is 0 Å². The molecule has 1 spiro atoms. The fourth-order valence-corrected chi connectivity index (χ4v) is 11.3. The Labute approximate surface area is 321 Å². The van der Waals surface area contributed by atoms with Gasteiger partial charge in [0.05, 0.1) is 22.0 Å². The molecule has 0 radical (unpaired) electrons. The summed E-state index contributed by atoms with van der Waals surface area (Å²) in [6, 6.07) is 61.7. The summed E-state index contributed by atoms with van der Waals surface area (Å²) in [5.41, 5.74) is 11.9. The van der Waals surface area contributed by atoms with Crippen LogP contribution in [0, 0.1) is 0 Å². The van der Waals surface area contributed by atoms with Crippen LogP contribution in [0.4, 0.5) is 0 Å². The van der Waals surface area contributed by atoms with E-state index >= 15 is 0 Å². The Kier molecular flexibility index (Phi) is 6.65. The predicted molar refractivity (Wildman–Crippen MR) is 224 cm³/mol. The number of thiophene rings is 1. The fraction of sp³-hybridized carbons (Fsp3) is 0.160. The molecular weight excluding hydrogens is 675 g/mol. The minimum absolute atomic E-state index is 0.452. The van der Waals surface area contributed by atoms with Crippen LogP contribution in [0.1, 0.15) is 72.2 Å². The van der Waals surface area contributed by atoms with Gasteiger partial charge in [0.25, 0.3) is 0 Å². The molecule has 0 N–H and O–H groups in total. The van der Waals surface area contributed by atoms with E-state index in [9.17, 15) is 0 Å².